The maximum absolute atomic E-state index is 10.8. The maximum atomic E-state index is 10.8. The number of aliphatic imine (C=N–C) groups is 2. The minimum absolute atomic E-state index is 0.00804. The number of H-pyrrole nitrogens is 1. The van der Waals surface area contributed by atoms with Crippen LogP contribution in [-0.4, -0.2) is 47.7 Å². The van der Waals surface area contributed by atoms with E-state index in [1.807, 2.05) is 0 Å². The van der Waals surface area contributed by atoms with Gasteiger partial charge >= 0.3 is 0 Å². The van der Waals surface area contributed by atoms with Crippen molar-refractivity contribution in [3.63, 3.8) is 0 Å². The number of hydrogen-bond donors (Lipinski definition) is 3. The van der Waals surface area contributed by atoms with E-state index in [1.54, 1.807) is 0 Å². The van der Waals surface area contributed by atoms with Gasteiger partial charge in [-0.3, -0.25) is 20.2 Å². The van der Waals surface area contributed by atoms with E-state index in [9.17, 15) is 30.4 Å². The fraction of sp³-hybridized carbons (Fsp3) is 0. The first kappa shape index (κ1) is 19.1. The summed E-state index contributed by atoms with van der Waals surface area (Å²) in [5, 5.41) is 47.3. The number of nitro benzene ring substituents is 2. The van der Waals surface area contributed by atoms with E-state index in [1.165, 1.54) is 12.1 Å². The molecule has 0 spiro atoms. The number of phenols is 2. The Bertz CT molecular complexity index is 1070. The molecule has 146 valence electrons. The fourth-order valence-corrected chi connectivity index (χ4v) is 2.14. The molecule has 0 bridgehead atoms. The summed E-state index contributed by atoms with van der Waals surface area (Å²) in [5.74, 6) is -0.509. The zero-order valence-corrected chi connectivity index (χ0v) is 14.3. The van der Waals surface area contributed by atoms with E-state index in [-0.39, 0.29) is 45.9 Å². The second-order valence-corrected chi connectivity index (χ2v) is 5.48. The zero-order chi connectivity index (χ0) is 21.0. The molecule has 13 nitrogen and oxygen atoms in total. The number of aromatic amines is 1. The van der Waals surface area contributed by atoms with Gasteiger partial charge in [-0.05, 0) is 12.1 Å². The molecule has 1 heterocycles. The molecular weight excluding hydrogens is 386 g/mol. The number of nitrogens with one attached hydrogen (secondary N) is 1. The highest BCUT2D eigenvalue weighted by Crippen LogP contribution is 2.23. The summed E-state index contributed by atoms with van der Waals surface area (Å²) in [6, 6.07) is 6.90. The number of aromatic hydroxyl groups is 2. The molecule has 3 rings (SSSR count). The number of aromatic nitrogens is 3. The number of phenolic OH excluding ortho intramolecular Hbond substituents is 2. The number of hydrogen-bond acceptors (Lipinski definition) is 10. The molecule has 0 unspecified atom stereocenters. The predicted molar refractivity (Wildman–Crippen MR) is 100 cm³/mol. The lowest BCUT2D eigenvalue weighted by molar-refractivity contribution is -0.385. The monoisotopic (exact) mass is 397 g/mol. The number of rotatable bonds is 6. The molecule has 0 aliphatic carbocycles. The van der Waals surface area contributed by atoms with Crippen LogP contribution in [0.15, 0.2) is 46.4 Å². The van der Waals surface area contributed by atoms with E-state index < -0.39 is 9.85 Å². The first-order valence-electron chi connectivity index (χ1n) is 7.79. The molecule has 0 amide bonds. The molecule has 0 atom stereocenters. The second kappa shape index (κ2) is 7.91. The molecule has 3 N–H and O–H groups in total. The van der Waals surface area contributed by atoms with Gasteiger partial charge in [0.1, 0.15) is 11.5 Å². The first-order chi connectivity index (χ1) is 13.8. The Morgan fingerprint density at radius 2 is 1.41 bits per heavy atom. The van der Waals surface area contributed by atoms with Crippen molar-refractivity contribution < 1.29 is 20.1 Å². The van der Waals surface area contributed by atoms with Gasteiger partial charge in [0.15, 0.2) is 0 Å². The Kier molecular flexibility index (Phi) is 5.21. The summed E-state index contributed by atoms with van der Waals surface area (Å²) in [6.45, 7) is 0. The second-order valence-electron chi connectivity index (χ2n) is 5.48. The summed E-state index contributed by atoms with van der Waals surface area (Å²) in [6.07, 6.45) is 2.30. The molecule has 0 saturated carbocycles. The summed E-state index contributed by atoms with van der Waals surface area (Å²) in [7, 11) is 0. The Morgan fingerprint density at radius 3 is 1.93 bits per heavy atom. The third-order valence-electron chi connectivity index (χ3n) is 3.55. The van der Waals surface area contributed by atoms with E-state index in [0.717, 1.165) is 36.7 Å². The smallest absolute Gasteiger partial charge is 0.270 e. The number of benzene rings is 2. The molecular formula is C16H11N7O6. The van der Waals surface area contributed by atoms with Gasteiger partial charge in [-0.1, -0.05) is 0 Å². The van der Waals surface area contributed by atoms with Crippen LogP contribution >= 0.6 is 0 Å². The van der Waals surface area contributed by atoms with E-state index in [0.29, 0.717) is 0 Å². The van der Waals surface area contributed by atoms with Crippen LogP contribution in [0.25, 0.3) is 0 Å². The van der Waals surface area contributed by atoms with Crippen molar-refractivity contribution in [3.05, 3.63) is 67.8 Å². The molecule has 0 saturated heterocycles. The molecule has 0 aliphatic rings. The highest BCUT2D eigenvalue weighted by Gasteiger charge is 2.10. The average molecular weight is 397 g/mol. The van der Waals surface area contributed by atoms with Crippen LogP contribution in [0.4, 0.5) is 23.3 Å². The topological polar surface area (TPSA) is 193 Å². The SMILES string of the molecule is O=[N+]([O-])c1ccc(O)c(/C=N/c2n[nH]c(/N=C/c3cc([N+](=O)[O-])ccc3O)n2)c1. The van der Waals surface area contributed by atoms with Gasteiger partial charge in [-0.15, -0.1) is 5.10 Å². The van der Waals surface area contributed by atoms with Crippen LogP contribution in [-0.2, 0) is 0 Å². The lowest BCUT2D eigenvalue weighted by Crippen LogP contribution is -1.90. The van der Waals surface area contributed by atoms with Crippen LogP contribution in [0, 0.1) is 20.2 Å². The predicted octanol–water partition coefficient (Wildman–Crippen LogP) is 2.53. The molecule has 13 heteroatoms. The fourth-order valence-electron chi connectivity index (χ4n) is 2.14. The van der Waals surface area contributed by atoms with Crippen LogP contribution in [0.1, 0.15) is 11.1 Å². The number of non-ortho nitro benzene ring substituents is 2. The quantitative estimate of drug-likeness (QED) is 0.320. The first-order valence-corrected chi connectivity index (χ1v) is 7.79. The zero-order valence-electron chi connectivity index (χ0n) is 14.3. The molecule has 0 aliphatic heterocycles. The van der Waals surface area contributed by atoms with Gasteiger partial charge in [0.25, 0.3) is 17.3 Å². The van der Waals surface area contributed by atoms with Gasteiger partial charge in [0.05, 0.1) is 9.85 Å². The Morgan fingerprint density at radius 1 is 0.897 bits per heavy atom. The van der Waals surface area contributed by atoms with Crippen molar-refractivity contribution in [1.82, 2.24) is 15.2 Å². The molecule has 1 aromatic heterocycles. The largest absolute Gasteiger partial charge is 0.507 e. The van der Waals surface area contributed by atoms with Crippen molar-refractivity contribution in [2.24, 2.45) is 9.98 Å². The Hall–Kier alpha value is -4.68. The minimum atomic E-state index is -0.611. The van der Waals surface area contributed by atoms with Crippen LogP contribution < -0.4 is 0 Å². The van der Waals surface area contributed by atoms with Gasteiger partial charge in [-0.25, -0.2) is 15.1 Å². The molecule has 3 aromatic rings. The minimum Gasteiger partial charge on any atom is -0.507 e. The van der Waals surface area contributed by atoms with Crippen LogP contribution in [0.5, 0.6) is 11.5 Å². The third kappa shape index (κ3) is 4.54. The van der Waals surface area contributed by atoms with Crippen molar-refractivity contribution >= 4 is 35.7 Å². The standard InChI is InChI=1S/C16H11N7O6/c24-13-3-1-11(22(26)27)5-9(13)7-17-15-19-16(21-20-15)18-8-10-6-12(23(28)29)2-4-14(10)25/h1-8,24-25H,(H,19,20,21)/b17-7+,18-8+. The summed E-state index contributed by atoms with van der Waals surface area (Å²) >= 11 is 0. The lowest BCUT2D eigenvalue weighted by Gasteiger charge is -1.97. The van der Waals surface area contributed by atoms with E-state index >= 15 is 0 Å². The van der Waals surface area contributed by atoms with E-state index in [4.69, 9.17) is 0 Å². The highest BCUT2D eigenvalue weighted by atomic mass is 16.6. The normalized spacial score (nSPS) is 11.3. The average Bonchev–Trinajstić information content (AvgIpc) is 3.14. The van der Waals surface area contributed by atoms with Crippen molar-refractivity contribution in [1.29, 1.82) is 0 Å². The van der Waals surface area contributed by atoms with Crippen molar-refractivity contribution in [3.8, 4) is 11.5 Å². The highest BCUT2D eigenvalue weighted by molar-refractivity contribution is 5.86. The maximum Gasteiger partial charge on any atom is 0.270 e. The van der Waals surface area contributed by atoms with Crippen LogP contribution in [0.2, 0.25) is 0 Å². The van der Waals surface area contributed by atoms with Gasteiger partial charge in [0, 0.05) is 47.8 Å². The molecule has 0 fully saturated rings. The van der Waals surface area contributed by atoms with Gasteiger partial charge < -0.3 is 10.2 Å². The lowest BCUT2D eigenvalue weighted by atomic mass is 10.2. The van der Waals surface area contributed by atoms with Gasteiger partial charge in [-0.2, -0.15) is 4.98 Å². The van der Waals surface area contributed by atoms with Crippen molar-refractivity contribution in [2.45, 2.75) is 0 Å². The Labute approximate surface area is 161 Å². The molecule has 29 heavy (non-hydrogen) atoms. The summed E-state index contributed by atoms with van der Waals surface area (Å²) in [4.78, 5) is 32.1. The number of nitro groups is 2. The molecule has 0 radical (unpaired) electrons. The summed E-state index contributed by atoms with van der Waals surface area (Å²) in [5.41, 5.74) is -0.247. The Balaban J connectivity index is 1.78. The molecule has 2 aromatic carbocycles. The summed E-state index contributed by atoms with van der Waals surface area (Å²) < 4.78 is 0. The van der Waals surface area contributed by atoms with Crippen LogP contribution in [0.3, 0.4) is 0 Å². The van der Waals surface area contributed by atoms with E-state index in [2.05, 4.69) is 25.2 Å². The van der Waals surface area contributed by atoms with Gasteiger partial charge in [0.2, 0.25) is 5.95 Å². The number of nitrogens with zero attached hydrogens (tertiary/aromatic N) is 6. The van der Waals surface area contributed by atoms with Crippen molar-refractivity contribution in [2.75, 3.05) is 0 Å². The third-order valence-corrected chi connectivity index (χ3v) is 3.55.